The van der Waals surface area contributed by atoms with E-state index in [-0.39, 0.29) is 5.54 Å². The summed E-state index contributed by atoms with van der Waals surface area (Å²) in [5.74, 6) is 0.825. The number of hydrogen-bond acceptors (Lipinski definition) is 6. The molecular formula is C19H19N5O2. The Kier molecular flexibility index (Phi) is 3.54. The lowest BCUT2D eigenvalue weighted by molar-refractivity contribution is 0.111. The molecule has 0 unspecified atom stereocenters. The van der Waals surface area contributed by atoms with E-state index in [0.717, 1.165) is 40.0 Å². The molecule has 4 aromatic rings. The van der Waals surface area contributed by atoms with Gasteiger partial charge in [-0.2, -0.15) is 0 Å². The van der Waals surface area contributed by atoms with Crippen molar-refractivity contribution in [1.82, 2.24) is 19.5 Å². The Morgan fingerprint density at radius 1 is 1.23 bits per heavy atom. The van der Waals surface area contributed by atoms with Crippen molar-refractivity contribution in [1.29, 1.82) is 0 Å². The molecular weight excluding hydrogens is 330 g/mol. The number of benzene rings is 1. The number of nitrogens with one attached hydrogen (secondary N) is 1. The van der Waals surface area contributed by atoms with Crippen LogP contribution in [0.2, 0.25) is 0 Å². The molecule has 0 aliphatic carbocycles. The van der Waals surface area contributed by atoms with Crippen molar-refractivity contribution < 1.29 is 9.32 Å². The number of anilines is 1. The Hall–Kier alpha value is -3.22. The van der Waals surface area contributed by atoms with Crippen LogP contribution < -0.4 is 5.32 Å². The number of rotatable bonds is 3. The second-order valence-corrected chi connectivity index (χ2v) is 7.32. The molecule has 0 bridgehead atoms. The van der Waals surface area contributed by atoms with Crippen molar-refractivity contribution in [2.45, 2.75) is 33.2 Å². The Morgan fingerprint density at radius 2 is 2.04 bits per heavy atom. The van der Waals surface area contributed by atoms with Crippen molar-refractivity contribution in [2.75, 3.05) is 5.32 Å². The zero-order valence-corrected chi connectivity index (χ0v) is 15.1. The summed E-state index contributed by atoms with van der Waals surface area (Å²) in [6.07, 6.45) is 2.34. The fourth-order valence-electron chi connectivity index (χ4n) is 2.91. The second-order valence-electron chi connectivity index (χ2n) is 7.32. The third kappa shape index (κ3) is 2.71. The van der Waals surface area contributed by atoms with Gasteiger partial charge in [-0.15, -0.1) is 0 Å². The van der Waals surface area contributed by atoms with Crippen LogP contribution in [0.15, 0.2) is 35.1 Å². The van der Waals surface area contributed by atoms with Crippen LogP contribution in [0, 0.1) is 6.92 Å². The summed E-state index contributed by atoms with van der Waals surface area (Å²) >= 11 is 0. The van der Waals surface area contributed by atoms with E-state index < -0.39 is 0 Å². The number of fused-ring (bicyclic) bond motifs is 2. The highest BCUT2D eigenvalue weighted by atomic mass is 16.5. The Morgan fingerprint density at radius 3 is 2.77 bits per heavy atom. The molecule has 1 N–H and O–H groups in total. The zero-order chi connectivity index (χ0) is 18.5. The Balaban J connectivity index is 1.97. The van der Waals surface area contributed by atoms with Gasteiger partial charge in [0, 0.05) is 22.6 Å². The summed E-state index contributed by atoms with van der Waals surface area (Å²) in [5, 5.41) is 8.46. The molecule has 0 atom stereocenters. The van der Waals surface area contributed by atoms with Crippen molar-refractivity contribution in [3.63, 3.8) is 0 Å². The molecule has 3 aromatic heterocycles. The Bertz CT molecular complexity index is 1130. The minimum atomic E-state index is -0.175. The zero-order valence-electron chi connectivity index (χ0n) is 15.1. The topological polar surface area (TPSA) is 85.3 Å². The first-order chi connectivity index (χ1) is 12.4. The number of carbonyl (C=O) groups excluding carboxylic acids is 1. The van der Waals surface area contributed by atoms with E-state index in [1.165, 1.54) is 0 Å². The molecule has 7 nitrogen and oxygen atoms in total. The van der Waals surface area contributed by atoms with Gasteiger partial charge >= 0.3 is 0 Å². The summed E-state index contributed by atoms with van der Waals surface area (Å²) < 4.78 is 7.16. The van der Waals surface area contributed by atoms with Gasteiger partial charge in [0.05, 0.1) is 5.69 Å². The van der Waals surface area contributed by atoms with E-state index in [1.807, 2.05) is 29.5 Å². The third-order valence-corrected chi connectivity index (χ3v) is 4.08. The van der Waals surface area contributed by atoms with Gasteiger partial charge in [-0.1, -0.05) is 5.16 Å². The summed E-state index contributed by atoms with van der Waals surface area (Å²) in [5.41, 5.74) is 4.13. The van der Waals surface area contributed by atoms with Crippen LogP contribution in [0.25, 0.3) is 27.9 Å². The SMILES string of the molecule is Cc1noc2ccc(-c3nc4cc(C=O)ncn4c3NC(C)(C)C)cc12. The van der Waals surface area contributed by atoms with E-state index in [4.69, 9.17) is 9.51 Å². The van der Waals surface area contributed by atoms with Crippen molar-refractivity contribution >= 4 is 28.7 Å². The first-order valence-electron chi connectivity index (χ1n) is 8.33. The maximum atomic E-state index is 11.1. The van der Waals surface area contributed by atoms with Crippen molar-refractivity contribution in [3.8, 4) is 11.3 Å². The Labute approximate surface area is 150 Å². The number of aldehydes is 1. The molecule has 0 aliphatic rings. The highest BCUT2D eigenvalue weighted by Gasteiger charge is 2.20. The first kappa shape index (κ1) is 16.3. The van der Waals surface area contributed by atoms with E-state index in [9.17, 15) is 4.79 Å². The van der Waals surface area contributed by atoms with Gasteiger partial charge in [-0.3, -0.25) is 9.20 Å². The smallest absolute Gasteiger partial charge is 0.168 e. The number of aromatic nitrogens is 4. The van der Waals surface area contributed by atoms with Crippen LogP contribution in [-0.4, -0.2) is 31.4 Å². The van der Waals surface area contributed by atoms with E-state index in [0.29, 0.717) is 11.3 Å². The number of imidazole rings is 1. The summed E-state index contributed by atoms with van der Waals surface area (Å²) in [6, 6.07) is 7.54. The van der Waals surface area contributed by atoms with Crippen LogP contribution in [0.5, 0.6) is 0 Å². The van der Waals surface area contributed by atoms with Crippen LogP contribution in [0.4, 0.5) is 5.82 Å². The molecule has 0 fully saturated rings. The maximum Gasteiger partial charge on any atom is 0.168 e. The number of aryl methyl sites for hydroxylation is 1. The molecule has 3 heterocycles. The number of hydrogen-bond donors (Lipinski definition) is 1. The average molecular weight is 349 g/mol. The first-order valence-corrected chi connectivity index (χ1v) is 8.33. The molecule has 26 heavy (non-hydrogen) atoms. The lowest BCUT2D eigenvalue weighted by atomic mass is 10.1. The average Bonchev–Trinajstić information content (AvgIpc) is 3.14. The molecule has 1 aromatic carbocycles. The van der Waals surface area contributed by atoms with Gasteiger partial charge in [0.1, 0.15) is 29.2 Å². The largest absolute Gasteiger partial charge is 0.365 e. The highest BCUT2D eigenvalue weighted by molar-refractivity contribution is 5.88. The molecule has 0 aliphatic heterocycles. The van der Waals surface area contributed by atoms with E-state index in [1.54, 1.807) is 12.4 Å². The fourth-order valence-corrected chi connectivity index (χ4v) is 2.91. The summed E-state index contributed by atoms with van der Waals surface area (Å²) in [7, 11) is 0. The predicted octanol–water partition coefficient (Wildman–Crippen LogP) is 3.87. The minimum absolute atomic E-state index is 0.175. The third-order valence-electron chi connectivity index (χ3n) is 4.08. The molecule has 0 saturated carbocycles. The molecule has 0 saturated heterocycles. The molecule has 0 amide bonds. The normalized spacial score (nSPS) is 12.0. The summed E-state index contributed by atoms with van der Waals surface area (Å²) in [4.78, 5) is 20.0. The highest BCUT2D eigenvalue weighted by Crippen LogP contribution is 2.33. The monoisotopic (exact) mass is 349 g/mol. The maximum absolute atomic E-state index is 11.1. The van der Waals surface area contributed by atoms with Gasteiger partial charge < -0.3 is 9.84 Å². The van der Waals surface area contributed by atoms with Gasteiger partial charge in [0.2, 0.25) is 0 Å². The number of carbonyl (C=O) groups is 1. The van der Waals surface area contributed by atoms with Crippen LogP contribution in [0.3, 0.4) is 0 Å². The molecule has 0 radical (unpaired) electrons. The molecule has 132 valence electrons. The van der Waals surface area contributed by atoms with Gasteiger partial charge in [0.25, 0.3) is 0 Å². The fraction of sp³-hybridized carbons (Fsp3) is 0.263. The standard InChI is InChI=1S/C19H19N5O2/c1-11-14-7-12(5-6-15(14)26-23-11)17-18(22-19(2,3)4)24-10-20-13(9-25)8-16(24)21-17/h5-10,22H,1-4H3. The summed E-state index contributed by atoms with van der Waals surface area (Å²) in [6.45, 7) is 8.15. The second kappa shape index (κ2) is 5.66. The number of nitrogens with zero attached hydrogens (tertiary/aromatic N) is 4. The van der Waals surface area contributed by atoms with Gasteiger partial charge in [0.15, 0.2) is 11.9 Å². The van der Waals surface area contributed by atoms with E-state index >= 15 is 0 Å². The molecule has 4 rings (SSSR count). The lowest BCUT2D eigenvalue weighted by Gasteiger charge is -2.22. The van der Waals surface area contributed by atoms with Crippen molar-refractivity contribution in [3.05, 3.63) is 42.0 Å². The lowest BCUT2D eigenvalue weighted by Crippen LogP contribution is -2.27. The van der Waals surface area contributed by atoms with Crippen molar-refractivity contribution in [2.24, 2.45) is 0 Å². The molecule has 7 heteroatoms. The predicted molar refractivity (Wildman–Crippen MR) is 99.5 cm³/mol. The molecule has 0 spiro atoms. The van der Waals surface area contributed by atoms with Crippen LogP contribution >= 0.6 is 0 Å². The quantitative estimate of drug-likeness (QED) is 0.565. The van der Waals surface area contributed by atoms with Gasteiger partial charge in [-0.25, -0.2) is 9.97 Å². The van der Waals surface area contributed by atoms with E-state index in [2.05, 4.69) is 36.2 Å². The van der Waals surface area contributed by atoms with Gasteiger partial charge in [-0.05, 0) is 45.9 Å². The minimum Gasteiger partial charge on any atom is -0.365 e. The van der Waals surface area contributed by atoms with Crippen LogP contribution in [0.1, 0.15) is 37.0 Å². The van der Waals surface area contributed by atoms with Crippen LogP contribution in [-0.2, 0) is 0 Å².